The fourth-order valence-corrected chi connectivity index (χ4v) is 1.37. The van der Waals surface area contributed by atoms with Crippen molar-refractivity contribution < 1.29 is 5.11 Å². The summed E-state index contributed by atoms with van der Waals surface area (Å²) in [5.41, 5.74) is 0.844. The average molecular weight is 218 g/mol. The number of aliphatic hydroxyl groups excluding tert-OH is 1. The molecule has 0 radical (unpaired) electrons. The van der Waals surface area contributed by atoms with Crippen LogP contribution < -0.4 is 5.32 Å². The van der Waals surface area contributed by atoms with Gasteiger partial charge in [-0.1, -0.05) is 11.6 Å². The molecule has 1 aromatic heterocycles. The minimum atomic E-state index is 0.123. The van der Waals surface area contributed by atoms with Gasteiger partial charge in [0.2, 0.25) is 0 Å². The lowest BCUT2D eigenvalue weighted by atomic mass is 10.2. The van der Waals surface area contributed by atoms with Gasteiger partial charge in [-0.05, 0) is 20.4 Å². The molecule has 2 N–H and O–H groups in total. The van der Waals surface area contributed by atoms with Crippen molar-refractivity contribution in [3.05, 3.63) is 16.9 Å². The Kier molecular flexibility index (Phi) is 4.38. The topological polar surface area (TPSA) is 50.1 Å². The predicted octanol–water partition coefficient (Wildman–Crippen LogP) is 0.815. The summed E-state index contributed by atoms with van der Waals surface area (Å²) in [5, 5.41) is 16.9. The van der Waals surface area contributed by atoms with E-state index in [1.54, 1.807) is 10.9 Å². The molecule has 1 aromatic rings. The fourth-order valence-electron chi connectivity index (χ4n) is 1.22. The van der Waals surface area contributed by atoms with Gasteiger partial charge in [-0.3, -0.25) is 4.68 Å². The van der Waals surface area contributed by atoms with E-state index in [2.05, 4.69) is 10.4 Å². The quantitative estimate of drug-likeness (QED) is 0.768. The van der Waals surface area contributed by atoms with E-state index in [0.717, 1.165) is 18.7 Å². The number of likely N-dealkylation sites (N-methyl/N-ethyl adjacent to an activating group) is 1. The van der Waals surface area contributed by atoms with Gasteiger partial charge in [-0.2, -0.15) is 5.10 Å². The molecule has 0 bridgehead atoms. The third kappa shape index (κ3) is 2.97. The summed E-state index contributed by atoms with van der Waals surface area (Å²) in [6.45, 7) is 2.78. The second-order valence-corrected chi connectivity index (χ2v) is 3.69. The van der Waals surface area contributed by atoms with Gasteiger partial charge in [-0.25, -0.2) is 0 Å². The molecule has 0 aromatic carbocycles. The molecule has 0 aliphatic rings. The van der Waals surface area contributed by atoms with Gasteiger partial charge >= 0.3 is 0 Å². The molecule has 0 spiro atoms. The Morgan fingerprint density at radius 3 is 2.86 bits per heavy atom. The van der Waals surface area contributed by atoms with Crippen LogP contribution in [0.4, 0.5) is 0 Å². The van der Waals surface area contributed by atoms with E-state index in [9.17, 15) is 0 Å². The Bertz CT molecular complexity index is 264. The van der Waals surface area contributed by atoms with Crippen LogP contribution in [-0.4, -0.2) is 34.6 Å². The van der Waals surface area contributed by atoms with Crippen LogP contribution >= 0.6 is 11.6 Å². The molecule has 1 unspecified atom stereocenters. The van der Waals surface area contributed by atoms with E-state index in [1.807, 2.05) is 14.0 Å². The Labute approximate surface area is 88.9 Å². The third-order valence-corrected chi connectivity index (χ3v) is 2.59. The van der Waals surface area contributed by atoms with Gasteiger partial charge in [0, 0.05) is 18.8 Å². The molecule has 0 saturated heterocycles. The van der Waals surface area contributed by atoms with E-state index in [-0.39, 0.29) is 12.6 Å². The molecule has 1 rings (SSSR count). The van der Waals surface area contributed by atoms with E-state index in [0.29, 0.717) is 5.02 Å². The van der Waals surface area contributed by atoms with Crippen molar-refractivity contribution in [3.8, 4) is 0 Å². The van der Waals surface area contributed by atoms with Crippen LogP contribution in [0.3, 0.4) is 0 Å². The maximum Gasteiger partial charge on any atom is 0.0814 e. The summed E-state index contributed by atoms with van der Waals surface area (Å²) >= 11 is 5.86. The molecule has 5 heteroatoms. The molecule has 0 saturated carbocycles. The number of hydrogen-bond donors (Lipinski definition) is 2. The first-order valence-electron chi connectivity index (χ1n) is 4.65. The maximum atomic E-state index is 8.95. The van der Waals surface area contributed by atoms with Crippen LogP contribution in [0.15, 0.2) is 6.20 Å². The number of nitrogens with one attached hydrogen (secondary N) is 1. The predicted molar refractivity (Wildman–Crippen MR) is 56.5 cm³/mol. The van der Waals surface area contributed by atoms with E-state index >= 15 is 0 Å². The van der Waals surface area contributed by atoms with E-state index in [1.165, 1.54) is 0 Å². The van der Waals surface area contributed by atoms with Crippen LogP contribution in [0.1, 0.15) is 12.1 Å². The smallest absolute Gasteiger partial charge is 0.0814 e. The molecule has 0 aliphatic carbocycles. The van der Waals surface area contributed by atoms with Crippen molar-refractivity contribution in [2.75, 3.05) is 13.7 Å². The monoisotopic (exact) mass is 217 g/mol. The summed E-state index contributed by atoms with van der Waals surface area (Å²) in [6, 6.07) is 0.123. The number of rotatable bonds is 5. The molecule has 1 heterocycles. The van der Waals surface area contributed by atoms with Crippen molar-refractivity contribution in [2.45, 2.75) is 25.9 Å². The number of halogens is 1. The van der Waals surface area contributed by atoms with Crippen molar-refractivity contribution in [1.29, 1.82) is 0 Å². The molecule has 0 aliphatic heterocycles. The van der Waals surface area contributed by atoms with Crippen molar-refractivity contribution in [1.82, 2.24) is 15.1 Å². The van der Waals surface area contributed by atoms with Crippen molar-refractivity contribution >= 4 is 11.6 Å². The van der Waals surface area contributed by atoms with Crippen molar-refractivity contribution in [3.63, 3.8) is 0 Å². The molecule has 4 nitrogen and oxygen atoms in total. The fraction of sp³-hybridized carbons (Fsp3) is 0.667. The molecule has 80 valence electrons. The number of aliphatic hydroxyl groups is 1. The highest BCUT2D eigenvalue weighted by molar-refractivity contribution is 6.31. The zero-order chi connectivity index (χ0) is 10.6. The second-order valence-electron chi connectivity index (χ2n) is 3.28. The minimum Gasteiger partial charge on any atom is -0.395 e. The van der Waals surface area contributed by atoms with Gasteiger partial charge in [0.15, 0.2) is 0 Å². The van der Waals surface area contributed by atoms with Gasteiger partial charge in [0.25, 0.3) is 0 Å². The van der Waals surface area contributed by atoms with Gasteiger partial charge in [0.05, 0.1) is 17.3 Å². The van der Waals surface area contributed by atoms with E-state index in [4.69, 9.17) is 16.7 Å². The minimum absolute atomic E-state index is 0.123. The first-order valence-corrected chi connectivity index (χ1v) is 5.03. The summed E-state index contributed by atoms with van der Waals surface area (Å²) in [5.74, 6) is 0. The van der Waals surface area contributed by atoms with Gasteiger partial charge in [-0.15, -0.1) is 0 Å². The number of aromatic nitrogens is 2. The second kappa shape index (κ2) is 5.34. The summed E-state index contributed by atoms with van der Waals surface area (Å²) in [4.78, 5) is 0. The molecule has 1 atom stereocenters. The van der Waals surface area contributed by atoms with Crippen LogP contribution in [-0.2, 0) is 6.54 Å². The van der Waals surface area contributed by atoms with Crippen molar-refractivity contribution in [2.24, 2.45) is 0 Å². The Morgan fingerprint density at radius 1 is 1.71 bits per heavy atom. The lowest BCUT2D eigenvalue weighted by Gasteiger charge is -2.12. The van der Waals surface area contributed by atoms with Crippen LogP contribution in [0, 0.1) is 6.92 Å². The van der Waals surface area contributed by atoms with Gasteiger partial charge < -0.3 is 10.4 Å². The summed E-state index contributed by atoms with van der Waals surface area (Å²) in [7, 11) is 1.84. The lowest BCUT2D eigenvalue weighted by molar-refractivity contribution is 0.236. The van der Waals surface area contributed by atoms with Crippen LogP contribution in [0.25, 0.3) is 0 Å². The highest BCUT2D eigenvalue weighted by Gasteiger charge is 2.06. The van der Waals surface area contributed by atoms with Crippen LogP contribution in [0.5, 0.6) is 0 Å². The SMILES string of the molecule is CNC(CO)CCn1cc(Cl)c(C)n1. The van der Waals surface area contributed by atoms with E-state index < -0.39 is 0 Å². The number of hydrogen-bond acceptors (Lipinski definition) is 3. The normalized spacial score (nSPS) is 13.1. The Hall–Kier alpha value is -0.580. The number of nitrogens with zero attached hydrogens (tertiary/aromatic N) is 2. The largest absolute Gasteiger partial charge is 0.395 e. The third-order valence-electron chi connectivity index (χ3n) is 2.22. The molecule has 14 heavy (non-hydrogen) atoms. The maximum absolute atomic E-state index is 8.95. The Morgan fingerprint density at radius 2 is 2.43 bits per heavy atom. The summed E-state index contributed by atoms with van der Waals surface area (Å²) in [6.07, 6.45) is 2.64. The van der Waals surface area contributed by atoms with Gasteiger partial charge in [0.1, 0.15) is 0 Å². The van der Waals surface area contributed by atoms with Crippen LogP contribution in [0.2, 0.25) is 5.02 Å². The molecule has 0 amide bonds. The molecule has 0 fully saturated rings. The average Bonchev–Trinajstić information content (AvgIpc) is 2.48. The standard InChI is InChI=1S/C9H16ClN3O/c1-7-9(10)5-13(12-7)4-3-8(6-14)11-2/h5,8,11,14H,3-4,6H2,1-2H3. The molecular formula is C9H16ClN3O. The summed E-state index contributed by atoms with van der Waals surface area (Å²) < 4.78 is 1.80. The highest BCUT2D eigenvalue weighted by Crippen LogP contribution is 2.12. The first-order chi connectivity index (χ1) is 6.67. The highest BCUT2D eigenvalue weighted by atomic mass is 35.5. The number of aryl methyl sites for hydroxylation is 2. The zero-order valence-electron chi connectivity index (χ0n) is 8.50. The lowest BCUT2D eigenvalue weighted by Crippen LogP contribution is -2.30. The first kappa shape index (κ1) is 11.5. The molecular weight excluding hydrogens is 202 g/mol. The zero-order valence-corrected chi connectivity index (χ0v) is 9.25. The Balaban J connectivity index is 2.45.